The summed E-state index contributed by atoms with van der Waals surface area (Å²) in [6, 6.07) is 15.5. The first-order valence-electron chi connectivity index (χ1n) is 6.65. The van der Waals surface area contributed by atoms with Crippen LogP contribution in [0, 0.1) is 6.92 Å². The summed E-state index contributed by atoms with van der Waals surface area (Å²) in [5, 5.41) is 3.29. The predicted octanol–water partition coefficient (Wildman–Crippen LogP) is 4.26. The second-order valence-corrected chi connectivity index (χ2v) is 5.94. The monoisotopic (exact) mass is 347 g/mol. The van der Waals surface area contributed by atoms with E-state index in [0.717, 1.165) is 21.3 Å². The Kier molecular flexibility index (Phi) is 4.68. The third-order valence-electron chi connectivity index (χ3n) is 3.48. The summed E-state index contributed by atoms with van der Waals surface area (Å²) in [7, 11) is 1.40. The van der Waals surface area contributed by atoms with Crippen LogP contribution in [0.1, 0.15) is 18.1 Å². The topological polar surface area (TPSA) is 38.3 Å². The maximum absolute atomic E-state index is 12.3. The zero-order chi connectivity index (χ0) is 15.5. The SMILES string of the molecule is COC(=O)C(C)(Nc1ccccc1Br)c1ccc(C)cc1. The molecule has 0 spiro atoms. The first-order valence-corrected chi connectivity index (χ1v) is 7.45. The van der Waals surface area contributed by atoms with Crippen LogP contribution in [-0.4, -0.2) is 13.1 Å². The van der Waals surface area contributed by atoms with Crippen molar-refractivity contribution in [3.63, 3.8) is 0 Å². The highest BCUT2D eigenvalue weighted by Gasteiger charge is 2.36. The summed E-state index contributed by atoms with van der Waals surface area (Å²) in [6.07, 6.45) is 0. The summed E-state index contributed by atoms with van der Waals surface area (Å²) in [6.45, 7) is 3.84. The van der Waals surface area contributed by atoms with Crippen molar-refractivity contribution < 1.29 is 9.53 Å². The molecular formula is C17H18BrNO2. The van der Waals surface area contributed by atoms with E-state index in [4.69, 9.17) is 4.74 Å². The van der Waals surface area contributed by atoms with Crippen LogP contribution in [0.3, 0.4) is 0 Å². The fourth-order valence-electron chi connectivity index (χ4n) is 2.16. The fourth-order valence-corrected chi connectivity index (χ4v) is 2.55. The molecule has 110 valence electrons. The molecule has 0 bridgehead atoms. The minimum atomic E-state index is -0.952. The van der Waals surface area contributed by atoms with E-state index in [1.54, 1.807) is 0 Å². The van der Waals surface area contributed by atoms with E-state index in [1.807, 2.05) is 62.4 Å². The molecule has 0 heterocycles. The van der Waals surface area contributed by atoms with Gasteiger partial charge in [0.05, 0.1) is 7.11 Å². The third-order valence-corrected chi connectivity index (χ3v) is 4.17. The van der Waals surface area contributed by atoms with Gasteiger partial charge in [0.2, 0.25) is 0 Å². The van der Waals surface area contributed by atoms with Crippen molar-refractivity contribution in [3.05, 3.63) is 64.1 Å². The molecule has 4 heteroatoms. The number of aryl methyl sites for hydroxylation is 1. The van der Waals surface area contributed by atoms with Gasteiger partial charge in [-0.1, -0.05) is 42.0 Å². The lowest BCUT2D eigenvalue weighted by Gasteiger charge is -2.30. The van der Waals surface area contributed by atoms with Crippen LogP contribution in [0.25, 0.3) is 0 Å². The molecule has 0 fully saturated rings. The summed E-state index contributed by atoms with van der Waals surface area (Å²) < 4.78 is 5.89. The summed E-state index contributed by atoms with van der Waals surface area (Å²) >= 11 is 3.49. The van der Waals surface area contributed by atoms with Crippen molar-refractivity contribution in [1.29, 1.82) is 0 Å². The highest BCUT2D eigenvalue weighted by Crippen LogP contribution is 2.31. The highest BCUT2D eigenvalue weighted by molar-refractivity contribution is 9.10. The van der Waals surface area contributed by atoms with Gasteiger partial charge in [0.25, 0.3) is 0 Å². The Morgan fingerprint density at radius 3 is 2.33 bits per heavy atom. The van der Waals surface area contributed by atoms with Gasteiger partial charge in [-0.05, 0) is 47.5 Å². The van der Waals surface area contributed by atoms with E-state index in [1.165, 1.54) is 7.11 Å². The van der Waals surface area contributed by atoms with Gasteiger partial charge >= 0.3 is 5.97 Å². The van der Waals surface area contributed by atoms with Crippen LogP contribution in [-0.2, 0) is 15.1 Å². The molecule has 0 amide bonds. The van der Waals surface area contributed by atoms with Crippen molar-refractivity contribution in [1.82, 2.24) is 0 Å². The first-order chi connectivity index (χ1) is 9.97. The van der Waals surface area contributed by atoms with Crippen molar-refractivity contribution in [3.8, 4) is 0 Å². The molecule has 0 saturated carbocycles. The number of ether oxygens (including phenoxy) is 1. The molecule has 0 aromatic heterocycles. The minimum absolute atomic E-state index is 0.331. The third kappa shape index (κ3) is 3.27. The number of rotatable bonds is 4. The number of hydrogen-bond acceptors (Lipinski definition) is 3. The molecule has 2 aromatic rings. The molecule has 0 aliphatic carbocycles. The van der Waals surface area contributed by atoms with Gasteiger partial charge in [0, 0.05) is 10.2 Å². The molecule has 1 unspecified atom stereocenters. The zero-order valence-corrected chi connectivity index (χ0v) is 13.9. The molecule has 1 atom stereocenters. The number of anilines is 1. The van der Waals surface area contributed by atoms with Gasteiger partial charge < -0.3 is 10.1 Å². The van der Waals surface area contributed by atoms with E-state index < -0.39 is 5.54 Å². The normalized spacial score (nSPS) is 13.3. The Labute approximate surface area is 133 Å². The average molecular weight is 348 g/mol. The lowest BCUT2D eigenvalue weighted by Crippen LogP contribution is -2.41. The number of para-hydroxylation sites is 1. The smallest absolute Gasteiger partial charge is 0.335 e. The van der Waals surface area contributed by atoms with Crippen LogP contribution in [0.15, 0.2) is 53.0 Å². The first kappa shape index (κ1) is 15.6. The molecule has 0 aliphatic rings. The molecule has 2 rings (SSSR count). The number of nitrogens with one attached hydrogen (secondary N) is 1. The van der Waals surface area contributed by atoms with Crippen LogP contribution in [0.5, 0.6) is 0 Å². The van der Waals surface area contributed by atoms with E-state index in [0.29, 0.717) is 0 Å². The lowest BCUT2D eigenvalue weighted by atomic mass is 9.91. The molecule has 1 N–H and O–H groups in total. The number of hydrogen-bond donors (Lipinski definition) is 1. The summed E-state index contributed by atoms with van der Waals surface area (Å²) in [5.74, 6) is -0.331. The minimum Gasteiger partial charge on any atom is -0.467 e. The number of methoxy groups -OCH3 is 1. The second kappa shape index (κ2) is 6.31. The molecular weight excluding hydrogens is 330 g/mol. The zero-order valence-electron chi connectivity index (χ0n) is 12.3. The number of carbonyl (C=O) groups excluding carboxylic acids is 1. The van der Waals surface area contributed by atoms with Crippen LogP contribution in [0.4, 0.5) is 5.69 Å². The fraction of sp³-hybridized carbons (Fsp3) is 0.235. The van der Waals surface area contributed by atoms with Gasteiger partial charge in [-0.15, -0.1) is 0 Å². The van der Waals surface area contributed by atoms with Gasteiger partial charge in [0.15, 0.2) is 5.54 Å². The maximum Gasteiger partial charge on any atom is 0.335 e. The molecule has 0 radical (unpaired) electrons. The largest absolute Gasteiger partial charge is 0.467 e. The summed E-state index contributed by atoms with van der Waals surface area (Å²) in [5.41, 5.74) is 1.89. The molecule has 2 aromatic carbocycles. The quantitative estimate of drug-likeness (QED) is 0.839. The predicted molar refractivity (Wildman–Crippen MR) is 88.3 cm³/mol. The Morgan fingerprint density at radius 2 is 1.76 bits per heavy atom. The number of benzene rings is 2. The Morgan fingerprint density at radius 1 is 1.14 bits per heavy atom. The van der Waals surface area contributed by atoms with Gasteiger partial charge in [0.1, 0.15) is 0 Å². The average Bonchev–Trinajstić information content (AvgIpc) is 2.49. The van der Waals surface area contributed by atoms with Gasteiger partial charge in [-0.3, -0.25) is 0 Å². The Balaban J connectivity index is 2.45. The maximum atomic E-state index is 12.3. The van der Waals surface area contributed by atoms with Crippen molar-refractivity contribution in [2.45, 2.75) is 19.4 Å². The molecule has 3 nitrogen and oxygen atoms in total. The van der Waals surface area contributed by atoms with Crippen LogP contribution in [0.2, 0.25) is 0 Å². The lowest BCUT2D eigenvalue weighted by molar-refractivity contribution is -0.145. The van der Waals surface area contributed by atoms with Crippen molar-refractivity contribution >= 4 is 27.6 Å². The van der Waals surface area contributed by atoms with Gasteiger partial charge in [-0.2, -0.15) is 0 Å². The van der Waals surface area contributed by atoms with Crippen LogP contribution < -0.4 is 5.32 Å². The van der Waals surface area contributed by atoms with E-state index in [2.05, 4.69) is 21.2 Å². The summed E-state index contributed by atoms with van der Waals surface area (Å²) in [4.78, 5) is 12.3. The number of carbonyl (C=O) groups is 1. The van der Waals surface area contributed by atoms with Crippen LogP contribution >= 0.6 is 15.9 Å². The Bertz CT molecular complexity index is 639. The highest BCUT2D eigenvalue weighted by atomic mass is 79.9. The second-order valence-electron chi connectivity index (χ2n) is 5.09. The van der Waals surface area contributed by atoms with E-state index >= 15 is 0 Å². The molecule has 0 saturated heterocycles. The van der Waals surface area contributed by atoms with Crippen molar-refractivity contribution in [2.75, 3.05) is 12.4 Å². The standard InChI is InChI=1S/C17H18BrNO2/c1-12-8-10-13(11-9-12)17(2,16(20)21-3)19-15-7-5-4-6-14(15)18/h4-11,19H,1-3H3. The van der Waals surface area contributed by atoms with E-state index in [-0.39, 0.29) is 5.97 Å². The van der Waals surface area contributed by atoms with Crippen molar-refractivity contribution in [2.24, 2.45) is 0 Å². The number of esters is 1. The Hall–Kier alpha value is -1.81. The molecule has 0 aliphatic heterocycles. The van der Waals surface area contributed by atoms with Gasteiger partial charge in [-0.25, -0.2) is 4.79 Å². The molecule has 21 heavy (non-hydrogen) atoms. The number of halogens is 1. The van der Waals surface area contributed by atoms with E-state index in [9.17, 15) is 4.79 Å².